The number of hydrogen-bond donors (Lipinski definition) is 0. The van der Waals surface area contributed by atoms with E-state index in [4.69, 9.17) is 0 Å². The number of hydrogen-bond acceptors (Lipinski definition) is 1. The van der Waals surface area contributed by atoms with Crippen molar-refractivity contribution in [1.82, 2.24) is 0 Å². The summed E-state index contributed by atoms with van der Waals surface area (Å²) in [6.45, 7) is 8.77. The van der Waals surface area contributed by atoms with Crippen molar-refractivity contribution in [2.45, 2.75) is 40.5 Å². The molecule has 2 aliphatic rings. The van der Waals surface area contributed by atoms with E-state index in [1.54, 1.807) is 0 Å². The molecule has 2 fully saturated rings. The third-order valence-electron chi connectivity index (χ3n) is 5.76. The van der Waals surface area contributed by atoms with Gasteiger partial charge in [-0.2, -0.15) is 0 Å². The zero-order valence-corrected chi connectivity index (χ0v) is 12.3. The number of ketones is 1. The van der Waals surface area contributed by atoms with E-state index in [1.807, 2.05) is 0 Å². The molecule has 3 rings (SSSR count). The third kappa shape index (κ3) is 1.57. The van der Waals surface area contributed by atoms with E-state index in [9.17, 15) is 4.79 Å². The molecule has 2 atom stereocenters. The van der Waals surface area contributed by atoms with Gasteiger partial charge in [0.2, 0.25) is 0 Å². The van der Waals surface area contributed by atoms with Crippen LogP contribution in [0.4, 0.5) is 0 Å². The first kappa shape index (κ1) is 12.7. The van der Waals surface area contributed by atoms with Gasteiger partial charge in [0.15, 0.2) is 5.78 Å². The summed E-state index contributed by atoms with van der Waals surface area (Å²) in [7, 11) is 0. The Morgan fingerprint density at radius 2 is 1.79 bits per heavy atom. The van der Waals surface area contributed by atoms with Crippen molar-refractivity contribution in [2.24, 2.45) is 16.7 Å². The second-order valence-corrected chi connectivity index (χ2v) is 6.98. The molecule has 1 nitrogen and oxygen atoms in total. The molecule has 19 heavy (non-hydrogen) atoms. The van der Waals surface area contributed by atoms with Crippen molar-refractivity contribution in [3.8, 4) is 0 Å². The minimum absolute atomic E-state index is 0.112. The van der Waals surface area contributed by atoms with E-state index in [1.165, 1.54) is 5.56 Å². The van der Waals surface area contributed by atoms with Gasteiger partial charge in [0, 0.05) is 5.41 Å². The van der Waals surface area contributed by atoms with Gasteiger partial charge in [-0.1, -0.05) is 50.6 Å². The number of allylic oxidation sites excluding steroid dienone is 1. The molecule has 2 bridgehead atoms. The summed E-state index contributed by atoms with van der Waals surface area (Å²) in [5.41, 5.74) is 3.44. The van der Waals surface area contributed by atoms with Gasteiger partial charge >= 0.3 is 0 Å². The first-order chi connectivity index (χ1) is 8.86. The molecule has 0 saturated heterocycles. The van der Waals surface area contributed by atoms with Gasteiger partial charge in [-0.25, -0.2) is 0 Å². The third-order valence-corrected chi connectivity index (χ3v) is 5.76. The Morgan fingerprint density at radius 3 is 2.32 bits per heavy atom. The smallest absolute Gasteiger partial charge is 0.165 e. The molecular weight excluding hydrogens is 232 g/mol. The number of benzene rings is 1. The standard InChI is InChI=1S/C18H22O/c1-12-5-7-13(8-6-12)11-14-15-9-10-18(4,16(14)19)17(15,2)3/h5-8,11,15H,9-10H2,1-4H3/b14-11+/t15-,18+/m0/s1. The second-order valence-electron chi connectivity index (χ2n) is 6.98. The molecule has 0 N–H and O–H groups in total. The highest BCUT2D eigenvalue weighted by atomic mass is 16.1. The average molecular weight is 254 g/mol. The Labute approximate surface area is 115 Å². The predicted molar refractivity (Wildman–Crippen MR) is 78.8 cm³/mol. The quantitative estimate of drug-likeness (QED) is 0.679. The normalized spacial score (nSPS) is 34.2. The molecule has 0 heterocycles. The maximum atomic E-state index is 12.7. The Hall–Kier alpha value is -1.37. The van der Waals surface area contributed by atoms with E-state index in [0.29, 0.717) is 11.7 Å². The van der Waals surface area contributed by atoms with Gasteiger partial charge < -0.3 is 0 Å². The average Bonchev–Trinajstić information content (AvgIpc) is 2.66. The molecule has 2 aliphatic carbocycles. The van der Waals surface area contributed by atoms with Gasteiger partial charge in [-0.15, -0.1) is 0 Å². The zero-order valence-electron chi connectivity index (χ0n) is 12.3. The Morgan fingerprint density at radius 1 is 1.16 bits per heavy atom. The summed E-state index contributed by atoms with van der Waals surface area (Å²) in [5, 5.41) is 0. The number of aryl methyl sites for hydroxylation is 1. The lowest BCUT2D eigenvalue weighted by atomic mass is 9.70. The summed E-state index contributed by atoms with van der Waals surface area (Å²) in [4.78, 5) is 12.7. The van der Waals surface area contributed by atoms with Crippen LogP contribution in [0.15, 0.2) is 29.8 Å². The van der Waals surface area contributed by atoms with Gasteiger partial charge in [0.25, 0.3) is 0 Å². The molecule has 0 radical (unpaired) electrons. The number of rotatable bonds is 1. The van der Waals surface area contributed by atoms with Gasteiger partial charge in [0.1, 0.15) is 0 Å². The van der Waals surface area contributed by atoms with Crippen LogP contribution in [0.1, 0.15) is 44.7 Å². The largest absolute Gasteiger partial charge is 0.294 e. The molecule has 1 heteroatoms. The van der Waals surface area contributed by atoms with Crippen molar-refractivity contribution >= 4 is 11.9 Å². The van der Waals surface area contributed by atoms with Crippen LogP contribution in [0.5, 0.6) is 0 Å². The summed E-state index contributed by atoms with van der Waals surface area (Å²) < 4.78 is 0. The van der Waals surface area contributed by atoms with Crippen molar-refractivity contribution in [3.05, 3.63) is 41.0 Å². The summed E-state index contributed by atoms with van der Waals surface area (Å²) in [5.74, 6) is 0.820. The molecular formula is C18H22O. The highest BCUT2D eigenvalue weighted by Gasteiger charge is 2.63. The highest BCUT2D eigenvalue weighted by Crippen LogP contribution is 2.65. The monoisotopic (exact) mass is 254 g/mol. The molecule has 0 amide bonds. The fourth-order valence-corrected chi connectivity index (χ4v) is 3.94. The summed E-state index contributed by atoms with van der Waals surface area (Å²) in [6.07, 6.45) is 4.33. The van der Waals surface area contributed by atoms with Gasteiger partial charge in [0.05, 0.1) is 0 Å². The lowest BCUT2D eigenvalue weighted by Crippen LogP contribution is -2.32. The van der Waals surface area contributed by atoms with Crippen LogP contribution in [0.2, 0.25) is 0 Å². The second kappa shape index (κ2) is 3.82. The van der Waals surface area contributed by atoms with Crippen molar-refractivity contribution in [1.29, 1.82) is 0 Å². The first-order valence-corrected chi connectivity index (χ1v) is 7.19. The Bertz CT molecular complexity index is 562. The fraction of sp³-hybridized carbons (Fsp3) is 0.500. The molecule has 100 valence electrons. The van der Waals surface area contributed by atoms with Crippen molar-refractivity contribution in [2.75, 3.05) is 0 Å². The van der Waals surface area contributed by atoms with Crippen LogP contribution in [0.25, 0.3) is 6.08 Å². The summed E-state index contributed by atoms with van der Waals surface area (Å²) >= 11 is 0. The lowest BCUT2D eigenvalue weighted by Gasteiger charge is -2.31. The summed E-state index contributed by atoms with van der Waals surface area (Å²) in [6, 6.07) is 8.43. The molecule has 1 aromatic rings. The Kier molecular flexibility index (Phi) is 2.54. The van der Waals surface area contributed by atoms with E-state index in [2.05, 4.69) is 58.0 Å². The molecule has 0 aromatic heterocycles. The molecule has 0 spiro atoms. The number of Topliss-reactive ketones (excluding diaryl/α,β-unsaturated/α-hetero) is 1. The molecule has 0 aliphatic heterocycles. The number of carbonyl (C=O) groups is 1. The van der Waals surface area contributed by atoms with Gasteiger partial charge in [-0.05, 0) is 48.3 Å². The minimum Gasteiger partial charge on any atom is -0.294 e. The van der Waals surface area contributed by atoms with E-state index in [-0.39, 0.29) is 10.8 Å². The van der Waals surface area contributed by atoms with Crippen LogP contribution in [0.3, 0.4) is 0 Å². The van der Waals surface area contributed by atoms with E-state index >= 15 is 0 Å². The van der Waals surface area contributed by atoms with Crippen LogP contribution < -0.4 is 0 Å². The lowest BCUT2D eigenvalue weighted by molar-refractivity contribution is -0.125. The minimum atomic E-state index is -0.145. The SMILES string of the molecule is Cc1ccc(/C=C2/C(=O)[C@@]3(C)CC[C@@H]2C3(C)C)cc1. The topological polar surface area (TPSA) is 17.1 Å². The maximum Gasteiger partial charge on any atom is 0.165 e. The predicted octanol–water partition coefficient (Wildman–Crippen LogP) is 4.40. The van der Waals surface area contributed by atoms with E-state index < -0.39 is 0 Å². The molecule has 0 unspecified atom stereocenters. The Balaban J connectivity index is 2.04. The first-order valence-electron chi connectivity index (χ1n) is 7.19. The van der Waals surface area contributed by atoms with Crippen LogP contribution >= 0.6 is 0 Å². The van der Waals surface area contributed by atoms with Crippen LogP contribution in [-0.4, -0.2) is 5.78 Å². The highest BCUT2D eigenvalue weighted by molar-refractivity contribution is 6.07. The zero-order chi connectivity index (χ0) is 13.8. The van der Waals surface area contributed by atoms with Gasteiger partial charge in [-0.3, -0.25) is 4.79 Å². The molecule has 2 saturated carbocycles. The number of carbonyl (C=O) groups excluding carboxylic acids is 1. The van der Waals surface area contributed by atoms with Crippen molar-refractivity contribution in [3.63, 3.8) is 0 Å². The van der Waals surface area contributed by atoms with Crippen molar-refractivity contribution < 1.29 is 4.79 Å². The molecule has 1 aromatic carbocycles. The fourth-order valence-electron chi connectivity index (χ4n) is 3.94. The maximum absolute atomic E-state index is 12.7. The number of fused-ring (bicyclic) bond motifs is 2. The van der Waals surface area contributed by atoms with E-state index in [0.717, 1.165) is 24.0 Å². The van der Waals surface area contributed by atoms with Crippen LogP contribution in [0, 0.1) is 23.7 Å². The van der Waals surface area contributed by atoms with Crippen LogP contribution in [-0.2, 0) is 4.79 Å².